The van der Waals surface area contributed by atoms with Crippen LogP contribution in [0.25, 0.3) is 0 Å². The van der Waals surface area contributed by atoms with Crippen molar-refractivity contribution < 1.29 is 8.42 Å². The molecule has 2 rings (SSSR count). The lowest BCUT2D eigenvalue weighted by Crippen LogP contribution is -2.30. The summed E-state index contributed by atoms with van der Waals surface area (Å²) in [5.41, 5.74) is 0.715. The second kappa shape index (κ2) is 5.71. The molecule has 1 aliphatic rings. The van der Waals surface area contributed by atoms with Crippen molar-refractivity contribution in [2.75, 3.05) is 23.7 Å². The van der Waals surface area contributed by atoms with E-state index in [2.05, 4.69) is 5.32 Å². The Kier molecular flexibility index (Phi) is 4.24. The number of nitrogens with zero attached hydrogens (tertiary/aromatic N) is 1. The van der Waals surface area contributed by atoms with Crippen molar-refractivity contribution in [1.29, 1.82) is 0 Å². The van der Waals surface area contributed by atoms with Crippen LogP contribution in [0.3, 0.4) is 0 Å². The van der Waals surface area contributed by atoms with Gasteiger partial charge in [-0.2, -0.15) is 0 Å². The highest BCUT2D eigenvalue weighted by atomic mass is 32.2. The predicted octanol–water partition coefficient (Wildman–Crippen LogP) is 1.59. The van der Waals surface area contributed by atoms with E-state index in [1.807, 2.05) is 18.2 Å². The molecule has 0 aromatic heterocycles. The highest BCUT2D eigenvalue weighted by Gasteiger charge is 2.21. The number of rotatable bonds is 7. The number of hydrogen-bond donors (Lipinski definition) is 1. The zero-order chi connectivity index (χ0) is 13.0. The van der Waals surface area contributed by atoms with Crippen LogP contribution >= 0.6 is 0 Å². The molecule has 0 spiro atoms. The Bertz CT molecular complexity index is 469. The smallest absolute Gasteiger partial charge is 0.234 e. The SMILES string of the molecule is CN(c1ccccc1)S(=O)(=O)CCCNC1CC1. The summed E-state index contributed by atoms with van der Waals surface area (Å²) < 4.78 is 25.5. The van der Waals surface area contributed by atoms with Crippen LogP contribution in [0.15, 0.2) is 30.3 Å². The second-order valence-electron chi connectivity index (χ2n) is 4.70. The van der Waals surface area contributed by atoms with Crippen molar-refractivity contribution in [2.24, 2.45) is 0 Å². The zero-order valence-electron chi connectivity index (χ0n) is 10.7. The third kappa shape index (κ3) is 3.71. The lowest BCUT2D eigenvalue weighted by atomic mass is 10.3. The first-order valence-electron chi connectivity index (χ1n) is 6.34. The average Bonchev–Trinajstić information content (AvgIpc) is 3.19. The molecule has 0 radical (unpaired) electrons. The van der Waals surface area contributed by atoms with E-state index in [1.54, 1.807) is 19.2 Å². The first-order valence-corrected chi connectivity index (χ1v) is 7.95. The molecule has 1 aliphatic carbocycles. The summed E-state index contributed by atoms with van der Waals surface area (Å²) in [5, 5.41) is 3.32. The lowest BCUT2D eigenvalue weighted by Gasteiger charge is -2.19. The first kappa shape index (κ1) is 13.4. The van der Waals surface area contributed by atoms with Gasteiger partial charge < -0.3 is 5.32 Å². The summed E-state index contributed by atoms with van der Waals surface area (Å²) in [6, 6.07) is 9.81. The van der Waals surface area contributed by atoms with E-state index in [-0.39, 0.29) is 5.75 Å². The van der Waals surface area contributed by atoms with Gasteiger partial charge in [-0.25, -0.2) is 8.42 Å². The fourth-order valence-corrected chi connectivity index (χ4v) is 3.01. The summed E-state index contributed by atoms with van der Waals surface area (Å²) >= 11 is 0. The van der Waals surface area contributed by atoms with Crippen LogP contribution in [0.1, 0.15) is 19.3 Å². The van der Waals surface area contributed by atoms with Crippen LogP contribution in [0.2, 0.25) is 0 Å². The molecule has 0 amide bonds. The van der Waals surface area contributed by atoms with Gasteiger partial charge in [0.2, 0.25) is 10.0 Å². The summed E-state index contributed by atoms with van der Waals surface area (Å²) in [4.78, 5) is 0. The number of para-hydroxylation sites is 1. The Morgan fingerprint density at radius 3 is 2.56 bits per heavy atom. The summed E-state index contributed by atoms with van der Waals surface area (Å²) in [7, 11) is -1.59. The average molecular weight is 268 g/mol. The Labute approximate surface area is 109 Å². The van der Waals surface area contributed by atoms with Gasteiger partial charge in [-0.15, -0.1) is 0 Å². The Hall–Kier alpha value is -1.07. The van der Waals surface area contributed by atoms with Crippen LogP contribution in [-0.2, 0) is 10.0 Å². The normalized spacial score (nSPS) is 15.6. The molecule has 18 heavy (non-hydrogen) atoms. The maximum atomic E-state index is 12.1. The van der Waals surface area contributed by atoms with Crippen molar-refractivity contribution >= 4 is 15.7 Å². The van der Waals surface area contributed by atoms with E-state index in [1.165, 1.54) is 17.1 Å². The highest BCUT2D eigenvalue weighted by molar-refractivity contribution is 7.92. The number of hydrogen-bond acceptors (Lipinski definition) is 3. The van der Waals surface area contributed by atoms with Crippen molar-refractivity contribution in [1.82, 2.24) is 5.32 Å². The fraction of sp³-hybridized carbons (Fsp3) is 0.538. The molecule has 1 N–H and O–H groups in total. The quantitative estimate of drug-likeness (QED) is 0.764. The minimum atomic E-state index is -3.20. The molecular formula is C13H20N2O2S. The standard InChI is InChI=1S/C13H20N2O2S/c1-15(13-6-3-2-4-7-13)18(16,17)11-5-10-14-12-8-9-12/h2-4,6-7,12,14H,5,8-11H2,1H3. The van der Waals surface area contributed by atoms with E-state index in [4.69, 9.17) is 0 Å². The van der Waals surface area contributed by atoms with Gasteiger partial charge in [0.1, 0.15) is 0 Å². The molecule has 4 nitrogen and oxygen atoms in total. The third-order valence-electron chi connectivity index (χ3n) is 3.13. The van der Waals surface area contributed by atoms with Gasteiger partial charge in [0.25, 0.3) is 0 Å². The summed E-state index contributed by atoms with van der Waals surface area (Å²) in [5.74, 6) is 0.193. The molecule has 1 aromatic carbocycles. The molecule has 1 fully saturated rings. The van der Waals surface area contributed by atoms with Crippen molar-refractivity contribution in [3.05, 3.63) is 30.3 Å². The van der Waals surface area contributed by atoms with Gasteiger partial charge in [0.05, 0.1) is 11.4 Å². The Morgan fingerprint density at radius 2 is 1.94 bits per heavy atom. The second-order valence-corrected chi connectivity index (χ2v) is 6.82. The number of anilines is 1. The molecular weight excluding hydrogens is 248 g/mol. The van der Waals surface area contributed by atoms with E-state index < -0.39 is 10.0 Å². The van der Waals surface area contributed by atoms with Crippen LogP contribution < -0.4 is 9.62 Å². The molecule has 1 aromatic rings. The Morgan fingerprint density at radius 1 is 1.28 bits per heavy atom. The maximum Gasteiger partial charge on any atom is 0.234 e. The van der Waals surface area contributed by atoms with Crippen molar-refractivity contribution in [3.63, 3.8) is 0 Å². The molecule has 0 saturated heterocycles. The van der Waals surface area contributed by atoms with Crippen LogP contribution in [0, 0.1) is 0 Å². The molecule has 0 heterocycles. The van der Waals surface area contributed by atoms with Crippen molar-refractivity contribution in [3.8, 4) is 0 Å². The zero-order valence-corrected chi connectivity index (χ0v) is 11.5. The summed E-state index contributed by atoms with van der Waals surface area (Å²) in [6.07, 6.45) is 3.13. The Balaban J connectivity index is 1.84. The van der Waals surface area contributed by atoms with E-state index in [0.29, 0.717) is 18.2 Å². The van der Waals surface area contributed by atoms with Gasteiger partial charge in [-0.1, -0.05) is 18.2 Å². The molecule has 0 unspecified atom stereocenters. The molecule has 1 saturated carbocycles. The molecule has 5 heteroatoms. The van der Waals surface area contributed by atoms with E-state index in [9.17, 15) is 8.42 Å². The monoisotopic (exact) mass is 268 g/mol. The molecule has 0 aliphatic heterocycles. The molecule has 100 valence electrons. The van der Waals surface area contributed by atoms with Gasteiger partial charge in [0, 0.05) is 13.1 Å². The van der Waals surface area contributed by atoms with Gasteiger partial charge in [-0.05, 0) is 37.9 Å². The topological polar surface area (TPSA) is 49.4 Å². The number of nitrogens with one attached hydrogen (secondary N) is 1. The van der Waals surface area contributed by atoms with Gasteiger partial charge in [-0.3, -0.25) is 4.31 Å². The maximum absolute atomic E-state index is 12.1. The van der Waals surface area contributed by atoms with Crippen LogP contribution in [0.5, 0.6) is 0 Å². The number of benzene rings is 1. The molecule has 0 atom stereocenters. The fourth-order valence-electron chi connectivity index (χ4n) is 1.78. The lowest BCUT2D eigenvalue weighted by molar-refractivity contribution is 0.586. The first-order chi connectivity index (χ1) is 8.59. The van der Waals surface area contributed by atoms with Crippen LogP contribution in [0.4, 0.5) is 5.69 Å². The number of sulfonamides is 1. The minimum absolute atomic E-state index is 0.193. The minimum Gasteiger partial charge on any atom is -0.314 e. The largest absolute Gasteiger partial charge is 0.314 e. The van der Waals surface area contributed by atoms with Gasteiger partial charge >= 0.3 is 0 Å². The van der Waals surface area contributed by atoms with Gasteiger partial charge in [0.15, 0.2) is 0 Å². The highest BCUT2D eigenvalue weighted by Crippen LogP contribution is 2.19. The van der Waals surface area contributed by atoms with E-state index in [0.717, 1.165) is 6.54 Å². The van der Waals surface area contributed by atoms with Crippen LogP contribution in [-0.4, -0.2) is 33.8 Å². The predicted molar refractivity (Wildman–Crippen MR) is 74.3 cm³/mol. The van der Waals surface area contributed by atoms with Crippen molar-refractivity contribution in [2.45, 2.75) is 25.3 Å². The molecule has 0 bridgehead atoms. The summed E-state index contributed by atoms with van der Waals surface area (Å²) in [6.45, 7) is 0.784. The third-order valence-corrected chi connectivity index (χ3v) is 4.98. The van der Waals surface area contributed by atoms with E-state index >= 15 is 0 Å².